The number of hydrogen-bond donors (Lipinski definition) is 6. The zero-order valence-electron chi connectivity index (χ0n) is 47.5. The summed E-state index contributed by atoms with van der Waals surface area (Å²) in [5, 5.41) is 68.4. The lowest BCUT2D eigenvalue weighted by Crippen LogP contribution is -2.46. The Balaban J connectivity index is 1.03. The molecule has 1 saturated carbocycles. The van der Waals surface area contributed by atoms with Gasteiger partial charge < -0.3 is 54.7 Å². The van der Waals surface area contributed by atoms with E-state index in [1.54, 1.807) is 46.8 Å². The summed E-state index contributed by atoms with van der Waals surface area (Å²) in [4.78, 5) is 56.7. The molecule has 1 unspecified atom stereocenters. The van der Waals surface area contributed by atoms with Gasteiger partial charge in [-0.1, -0.05) is 45.9 Å². The number of rotatable bonds is 7. The van der Waals surface area contributed by atoms with Crippen molar-refractivity contribution < 1.29 is 63.3 Å². The SMILES string of the molecule is CO[C@H]1/C=C/O[C@@]2(C)Oc3c(C)c(O)c4c(O)c(c(/C=N\N5CCC(C6CCN(c7c(F)cn8c(=O)c(C)cc(C9CC9)c8c7C)C6)CC5)c(O)c4c3C2=O)NC(=O)/C(C)=C\C=C\[C@H](C)[C@H](O)[C@@H](C)[C@@H](O)[C@@H](C)[C@H](OC(C)=O)[C@@H]1C. The van der Waals surface area contributed by atoms with Gasteiger partial charge in [0.2, 0.25) is 0 Å². The number of aliphatic hydroxyl groups is 2. The molecule has 0 radical (unpaired) electrons. The number of hydrogen-bond acceptors (Lipinski definition) is 16. The van der Waals surface area contributed by atoms with Gasteiger partial charge in [-0.15, -0.1) is 0 Å². The Hall–Kier alpha value is -6.96. The van der Waals surface area contributed by atoms with E-state index >= 15 is 4.39 Å². The first kappa shape index (κ1) is 57.7. The summed E-state index contributed by atoms with van der Waals surface area (Å²) >= 11 is 0. The van der Waals surface area contributed by atoms with Gasteiger partial charge in [0, 0.05) is 92.9 Å². The highest BCUT2D eigenvalue weighted by Crippen LogP contribution is 2.55. The van der Waals surface area contributed by atoms with Crippen LogP contribution in [0.25, 0.3) is 16.3 Å². The van der Waals surface area contributed by atoms with Crippen molar-refractivity contribution in [1.29, 1.82) is 0 Å². The average molecular weight is 1110 g/mol. The highest BCUT2D eigenvalue weighted by molar-refractivity contribution is 6.24. The van der Waals surface area contributed by atoms with Gasteiger partial charge in [-0.2, -0.15) is 5.10 Å². The van der Waals surface area contributed by atoms with Crippen molar-refractivity contribution in [3.05, 3.63) is 98.0 Å². The van der Waals surface area contributed by atoms with E-state index in [0.717, 1.165) is 48.7 Å². The van der Waals surface area contributed by atoms with E-state index in [1.807, 2.05) is 18.0 Å². The molecule has 3 fully saturated rings. The summed E-state index contributed by atoms with van der Waals surface area (Å²) in [7, 11) is 1.43. The Kier molecular flexibility index (Phi) is 16.3. The maximum atomic E-state index is 16.1. The van der Waals surface area contributed by atoms with Crippen molar-refractivity contribution in [1.82, 2.24) is 9.41 Å². The highest BCUT2D eigenvalue weighted by Gasteiger charge is 2.50. The van der Waals surface area contributed by atoms with Crippen molar-refractivity contribution >= 4 is 51.5 Å². The number of aromatic nitrogens is 1. The van der Waals surface area contributed by atoms with Crippen LogP contribution in [0.2, 0.25) is 0 Å². The Bertz CT molecular complexity index is 3320. The smallest absolute Gasteiger partial charge is 0.312 e. The first-order valence-electron chi connectivity index (χ1n) is 27.9. The molecule has 4 aromatic rings. The van der Waals surface area contributed by atoms with E-state index in [-0.39, 0.29) is 61.9 Å². The molecule has 18 nitrogen and oxygen atoms in total. The number of amides is 1. The number of carbonyl (C=O) groups is 3. The van der Waals surface area contributed by atoms with E-state index in [9.17, 15) is 44.7 Å². The Labute approximate surface area is 465 Å². The van der Waals surface area contributed by atoms with Crippen LogP contribution in [0.15, 0.2) is 58.3 Å². The zero-order chi connectivity index (χ0) is 58.0. The summed E-state index contributed by atoms with van der Waals surface area (Å²) in [6, 6.07) is 1.98. The van der Waals surface area contributed by atoms with Crippen LogP contribution in [0.5, 0.6) is 23.0 Å². The van der Waals surface area contributed by atoms with Crippen LogP contribution in [-0.2, 0) is 23.8 Å². The number of aromatic hydroxyl groups is 3. The number of piperidine rings is 1. The number of phenolic OH excluding ortho intramolecular Hbond substituents is 3. The molecule has 6 N–H and O–H groups in total. The number of nitrogens with one attached hydrogen (secondary N) is 1. The molecular formula is C61H76FN5O13. The van der Waals surface area contributed by atoms with Crippen molar-refractivity contribution in [3.8, 4) is 23.0 Å². The van der Waals surface area contributed by atoms with E-state index < -0.39 is 94.6 Å². The number of ether oxygens (including phenoxy) is 4. The minimum absolute atomic E-state index is 0.0309. The number of benzene rings is 2. The third-order valence-corrected chi connectivity index (χ3v) is 17.7. The maximum absolute atomic E-state index is 16.1. The van der Waals surface area contributed by atoms with E-state index in [4.69, 9.17) is 24.0 Å². The minimum atomic E-state index is -2.10. The molecule has 7 heterocycles. The molecular weight excluding hydrogens is 1030 g/mol. The number of fused-ring (bicyclic) bond motifs is 15. The van der Waals surface area contributed by atoms with Gasteiger partial charge in [0.05, 0.1) is 70.4 Å². The molecule has 2 aromatic carbocycles. The quantitative estimate of drug-likeness (QED) is 0.0440. The van der Waals surface area contributed by atoms with Gasteiger partial charge in [-0.25, -0.2) is 4.39 Å². The number of aryl methyl sites for hydroxylation is 2. The maximum Gasteiger partial charge on any atom is 0.312 e. The van der Waals surface area contributed by atoms with Crippen LogP contribution in [0, 0.1) is 62.1 Å². The number of Topliss-reactive ketones (excluding diaryl/α,β-unsaturated/α-hetero) is 1. The number of anilines is 2. The van der Waals surface area contributed by atoms with Gasteiger partial charge in [0.15, 0.2) is 11.6 Å². The second-order valence-corrected chi connectivity index (χ2v) is 23.2. The van der Waals surface area contributed by atoms with Gasteiger partial charge in [-0.3, -0.25) is 28.6 Å². The lowest BCUT2D eigenvalue weighted by atomic mass is 9.78. The number of phenols is 3. The number of esters is 1. The summed E-state index contributed by atoms with van der Waals surface area (Å²) in [6.45, 7) is 18.5. The molecule has 19 heteroatoms. The van der Waals surface area contributed by atoms with Crippen LogP contribution in [0.1, 0.15) is 125 Å². The molecule has 1 aliphatic carbocycles. The number of halogens is 1. The molecule has 0 spiro atoms. The standard InChI is InChI=1S/C61H76FN5O13/c1-29-13-12-14-30(2)59(75)64-48-42(26-63-66-22-18-38(19-23-66)40-17-21-65(27-40)50-33(5)49-41(39-15-16-39)25-31(3)60(76)67(49)28-43(50)62)54(72)45-46(55(48)73)53(71)36(8)57-47(45)58(74)61(10,80-57)78-24-20-44(77-11)32(4)56(79-37(9)68)35(7)52(70)34(6)51(29)69/h12-14,20,24-26,28-29,32,34-35,38-40,44,51-52,56,69-73H,15-19,21-23,27H2,1-11H3,(H,64,75)/b13-12+,24-20+,30-14-,63-26-/t29-,32+,34+,35+,40?,44-,51-,52+,56+,61-/m0/s1. The van der Waals surface area contributed by atoms with Crippen LogP contribution in [0.4, 0.5) is 15.8 Å². The molecule has 80 heavy (non-hydrogen) atoms. The minimum Gasteiger partial charge on any atom is -0.507 e. The third-order valence-electron chi connectivity index (χ3n) is 17.7. The predicted molar refractivity (Wildman–Crippen MR) is 301 cm³/mol. The van der Waals surface area contributed by atoms with E-state index in [0.29, 0.717) is 43.3 Å². The molecule has 10 rings (SSSR count). The molecule has 2 saturated heterocycles. The molecule has 6 aliphatic rings. The summed E-state index contributed by atoms with van der Waals surface area (Å²) < 4.78 is 41.5. The summed E-state index contributed by atoms with van der Waals surface area (Å²) in [5.41, 5.74) is 3.12. The van der Waals surface area contributed by atoms with Gasteiger partial charge in [0.1, 0.15) is 23.4 Å². The number of methoxy groups -OCH3 is 1. The van der Waals surface area contributed by atoms with Crippen LogP contribution >= 0.6 is 0 Å². The number of nitrogens with zero attached hydrogens (tertiary/aromatic N) is 4. The lowest BCUT2D eigenvalue weighted by Gasteiger charge is -2.38. The molecule has 10 atom stereocenters. The van der Waals surface area contributed by atoms with Crippen LogP contribution in [-0.4, -0.2) is 122 Å². The normalized spacial score (nSPS) is 29.7. The molecule has 5 aliphatic heterocycles. The first-order valence-corrected chi connectivity index (χ1v) is 27.9. The molecule has 430 valence electrons. The Morgan fingerprint density at radius 1 is 0.875 bits per heavy atom. The van der Waals surface area contributed by atoms with E-state index in [2.05, 4.69) is 10.2 Å². The number of ketones is 1. The van der Waals surface area contributed by atoms with Crippen molar-refractivity contribution in [2.24, 2.45) is 40.6 Å². The fourth-order valence-electron chi connectivity index (χ4n) is 12.7. The fourth-order valence-corrected chi connectivity index (χ4v) is 12.7. The number of aliphatic hydroxyl groups excluding tert-OH is 2. The Morgan fingerprint density at radius 2 is 1.56 bits per heavy atom. The molecule has 5 bridgehead atoms. The second kappa shape index (κ2) is 22.5. The predicted octanol–water partition coefficient (Wildman–Crippen LogP) is 8.57. The van der Waals surface area contributed by atoms with Gasteiger partial charge >= 0.3 is 11.8 Å². The van der Waals surface area contributed by atoms with Gasteiger partial charge in [-0.05, 0) is 101 Å². The molecule has 2 aromatic heterocycles. The zero-order valence-corrected chi connectivity index (χ0v) is 47.5. The molecule has 1 amide bonds. The van der Waals surface area contributed by atoms with Crippen molar-refractivity contribution in [2.75, 3.05) is 43.5 Å². The number of pyridine rings is 2. The monoisotopic (exact) mass is 1110 g/mol. The Morgan fingerprint density at radius 3 is 2.23 bits per heavy atom. The highest BCUT2D eigenvalue weighted by atomic mass is 19.1. The number of hydrazone groups is 1. The van der Waals surface area contributed by atoms with Crippen molar-refractivity contribution in [3.63, 3.8) is 0 Å². The number of allylic oxidation sites excluding steroid dienone is 2. The largest absolute Gasteiger partial charge is 0.507 e. The van der Waals surface area contributed by atoms with Crippen LogP contribution in [0.3, 0.4) is 0 Å². The first-order chi connectivity index (χ1) is 37.9. The van der Waals surface area contributed by atoms with E-state index in [1.165, 1.54) is 70.0 Å². The van der Waals surface area contributed by atoms with Crippen molar-refractivity contribution in [2.45, 2.75) is 137 Å². The third kappa shape index (κ3) is 10.5. The number of carbonyl (C=O) groups excluding carboxylic acids is 3. The van der Waals surface area contributed by atoms with Gasteiger partial charge in [0.25, 0.3) is 17.2 Å². The van der Waals surface area contributed by atoms with Crippen LogP contribution < -0.4 is 20.5 Å². The topological polar surface area (TPSA) is 242 Å². The average Bonchev–Trinajstić information content (AvgIpc) is 4.29. The summed E-state index contributed by atoms with van der Waals surface area (Å²) in [5.74, 6) is -8.21. The lowest BCUT2D eigenvalue weighted by molar-refractivity contribution is -0.160. The summed E-state index contributed by atoms with van der Waals surface area (Å²) in [6.07, 6.45) is 10.5. The second-order valence-electron chi connectivity index (χ2n) is 23.2. The fraction of sp³-hybridized carbons (Fsp3) is 0.525.